The van der Waals surface area contributed by atoms with Crippen molar-refractivity contribution in [3.63, 3.8) is 0 Å². The number of nitrogens with one attached hydrogen (secondary N) is 7. The van der Waals surface area contributed by atoms with E-state index in [2.05, 4.69) is 86.8 Å². The summed E-state index contributed by atoms with van der Waals surface area (Å²) in [7, 11) is -10.6. The average molecular weight is 1630 g/mol. The summed E-state index contributed by atoms with van der Waals surface area (Å²) in [6.45, 7) is 28.0. The number of likely N-dealkylation sites (tertiary alicyclic amines) is 3. The molecule has 7 aliphatic rings. The van der Waals surface area contributed by atoms with Crippen molar-refractivity contribution in [3.8, 4) is 0 Å². The van der Waals surface area contributed by atoms with E-state index in [1.165, 1.54) is 6.42 Å². The summed E-state index contributed by atoms with van der Waals surface area (Å²) >= 11 is 0. The maximum atomic E-state index is 13.9. The lowest BCUT2D eigenvalue weighted by Gasteiger charge is -2.37. The summed E-state index contributed by atoms with van der Waals surface area (Å²) in [5.41, 5.74) is 12.4. The summed E-state index contributed by atoms with van der Waals surface area (Å²) in [6, 6.07) is 23.1. The summed E-state index contributed by atoms with van der Waals surface area (Å²) < 4.78 is 84.8. The van der Waals surface area contributed by atoms with Crippen molar-refractivity contribution >= 4 is 99.2 Å². The second-order valence-electron chi connectivity index (χ2n) is 33.4. The Morgan fingerprint density at radius 3 is 1.26 bits per heavy atom. The molecule has 33 heteroatoms. The Morgan fingerprint density at radius 2 is 0.878 bits per heavy atom. The molecule has 1 aliphatic carbocycles. The highest BCUT2D eigenvalue weighted by atomic mass is 32.2. The lowest BCUT2D eigenvalue weighted by molar-refractivity contribution is 0.0599. The maximum absolute atomic E-state index is 13.9. The third kappa shape index (κ3) is 19.0. The van der Waals surface area contributed by atoms with Crippen molar-refractivity contribution < 1.29 is 39.6 Å². The highest BCUT2D eigenvalue weighted by Gasteiger charge is 2.41. The smallest absolute Gasteiger partial charge is 0.256 e. The fourth-order valence-corrected chi connectivity index (χ4v) is 19.5. The number of carbonyl (C=O) groups excluding carboxylic acids is 3. The molecule has 6 aliphatic heterocycles. The fraction of sp³-hybridized carbons (Fsp3) is 0.524. The van der Waals surface area contributed by atoms with Crippen LogP contribution in [0.25, 0.3) is 16.9 Å². The van der Waals surface area contributed by atoms with Crippen LogP contribution in [0, 0.1) is 53.4 Å². The zero-order chi connectivity index (χ0) is 81.7. The predicted octanol–water partition coefficient (Wildman–Crippen LogP) is 10.0. The van der Waals surface area contributed by atoms with Crippen LogP contribution in [0.4, 0.5) is 34.5 Å². The standard InChI is InChI=1S/C28H39N7O3S.C27H35N7O3S.C27H37N7O3S/c1-18(2)24-17-33(13-11-29-24)27-20(4)16-35-26(30-27)15-23(31-35)25-8-6-7-12-34(25)28(36)21-14-19(3)9-10-22(21)32-39(5,37)38;1-16-7-8-21(32-38(3,36)37)20(10-16)27(35)33-9-5-4-6-24(33)23-13-25-30-26(17(2)15-34(25)31-23)29-22-12-19-11-18(22)14-28-19;1-17-9-10-22(31-38(5,36)37)21(12-17)27(35)33-11-7-6-8-24(33)23-13-25-29-26(18(2)14-34(25)30-23)32-15-19(3)28-20(4)16-32/h9-10,14-16,18,24-25,29,32H,6-8,11-13,17H2,1-5H3;7-8,10,13,15,18-19,22,24,28,32H,4-6,9,11-12,14H2,1-3H3,(H,29,30);9-10,12-14,19-20,24,28,31H,6-8,11,15-16H2,1-5H3/t24-,25+;18-,19-,22+,24+;19?,20?,24-/m110/s1. The van der Waals surface area contributed by atoms with E-state index >= 15 is 0 Å². The number of aryl methyl sites for hydroxylation is 6. The summed E-state index contributed by atoms with van der Waals surface area (Å²) in [4.78, 5) is 66.7. The van der Waals surface area contributed by atoms with E-state index < -0.39 is 30.1 Å². The first-order valence-corrected chi connectivity index (χ1v) is 46.1. The highest BCUT2D eigenvalue weighted by molar-refractivity contribution is 7.92. The largest absolute Gasteiger partial charge is 0.367 e. The van der Waals surface area contributed by atoms with E-state index in [4.69, 9.17) is 30.2 Å². The Balaban J connectivity index is 0.000000142. The van der Waals surface area contributed by atoms with Crippen LogP contribution in [0.2, 0.25) is 0 Å². The van der Waals surface area contributed by atoms with E-state index in [0.29, 0.717) is 95.4 Å². The third-order valence-corrected chi connectivity index (χ3v) is 24.9. The van der Waals surface area contributed by atoms with E-state index in [1.807, 2.05) is 88.2 Å². The van der Waals surface area contributed by atoms with Gasteiger partial charge in [0, 0.05) is 143 Å². The fourth-order valence-electron chi connectivity index (χ4n) is 17.7. The zero-order valence-corrected chi connectivity index (χ0v) is 70.7. The maximum Gasteiger partial charge on any atom is 0.256 e. The number of aromatic nitrogens is 9. The van der Waals surface area contributed by atoms with Crippen LogP contribution in [0.3, 0.4) is 0 Å². The number of nitrogens with zero attached hydrogens (tertiary/aromatic N) is 14. The summed E-state index contributed by atoms with van der Waals surface area (Å²) in [5, 5.41) is 29.0. The molecular formula is C82H111N21O9S3. The van der Waals surface area contributed by atoms with E-state index in [-0.39, 0.29) is 35.8 Å². The van der Waals surface area contributed by atoms with Gasteiger partial charge in [0.1, 0.15) is 17.5 Å². The number of piperazine rings is 2. The number of hydrogen-bond acceptors (Lipinski definition) is 21. The Hall–Kier alpha value is -9.54. The van der Waals surface area contributed by atoms with Crippen molar-refractivity contribution in [2.75, 3.05) is 107 Å². The second-order valence-corrected chi connectivity index (χ2v) is 38.6. The normalized spacial score (nSPS) is 22.8. The molecule has 3 amide bonds. The molecule has 616 valence electrons. The molecule has 2 bridgehead atoms. The Kier molecular flexibility index (Phi) is 24.0. The molecule has 6 saturated heterocycles. The molecule has 0 spiro atoms. The van der Waals surface area contributed by atoms with Gasteiger partial charge in [0.25, 0.3) is 17.7 Å². The molecule has 7 fully saturated rings. The lowest BCUT2D eigenvalue weighted by atomic mass is 9.97. The van der Waals surface area contributed by atoms with Crippen LogP contribution in [0.1, 0.15) is 198 Å². The highest BCUT2D eigenvalue weighted by Crippen LogP contribution is 2.40. The molecule has 115 heavy (non-hydrogen) atoms. The molecule has 7 N–H and O–H groups in total. The minimum absolute atomic E-state index is 0.196. The molecule has 9 atom stereocenters. The number of hydrogen-bond donors (Lipinski definition) is 7. The van der Waals surface area contributed by atoms with Crippen LogP contribution >= 0.6 is 0 Å². The SMILES string of the molecule is Cc1ccc(NS(C)(=O)=O)c(C(=O)N2CCCC[C@H]2c2cc3nc(N4CC(C)NC(C)C4)c(C)cn3n2)c1.Cc1ccc(NS(C)(=O)=O)c(C(=O)N2CCCC[C@H]2c2cc3nc(N4CCN[C@@H](C(C)C)C4)c(C)cn3n2)c1.Cc1ccc(NS(C)(=O)=O)c(C(=O)N2CCCC[C@H]2c2cc3nc(N[C@H]4C[C@H]5C[C@@H]4CN5)c(C)cn3n2)c1. The van der Waals surface area contributed by atoms with Gasteiger partial charge in [-0.15, -0.1) is 0 Å². The average Bonchev–Trinajstić information content (AvgIpc) is 1.65. The van der Waals surface area contributed by atoms with Gasteiger partial charge in [0.2, 0.25) is 30.1 Å². The van der Waals surface area contributed by atoms with E-state index in [1.54, 1.807) is 59.1 Å². The number of amides is 3. The van der Waals surface area contributed by atoms with Crippen LogP contribution in [-0.2, 0) is 30.1 Å². The molecule has 12 heterocycles. The molecular weight excluding hydrogens is 1520 g/mol. The van der Waals surface area contributed by atoms with E-state index in [9.17, 15) is 39.6 Å². The van der Waals surface area contributed by atoms with Gasteiger partial charge in [-0.1, -0.05) is 48.7 Å². The van der Waals surface area contributed by atoms with Crippen molar-refractivity contribution in [1.29, 1.82) is 0 Å². The number of rotatable bonds is 17. The van der Waals surface area contributed by atoms with Crippen molar-refractivity contribution in [2.45, 2.75) is 188 Å². The van der Waals surface area contributed by atoms with Gasteiger partial charge in [-0.05, 0) is 174 Å². The van der Waals surface area contributed by atoms with Crippen molar-refractivity contribution in [1.82, 2.24) is 74.4 Å². The van der Waals surface area contributed by atoms with E-state index in [0.717, 1.165) is 207 Å². The number of anilines is 6. The number of benzene rings is 3. The van der Waals surface area contributed by atoms with Crippen molar-refractivity contribution in [2.24, 2.45) is 11.8 Å². The van der Waals surface area contributed by atoms with Crippen molar-refractivity contribution in [3.05, 3.63) is 159 Å². The van der Waals surface area contributed by atoms with Gasteiger partial charge < -0.3 is 45.8 Å². The molecule has 2 unspecified atom stereocenters. The molecule has 6 aromatic heterocycles. The first-order chi connectivity index (χ1) is 54.6. The molecule has 30 nitrogen and oxygen atoms in total. The number of piperidine rings is 4. The topological polar surface area (TPSA) is 345 Å². The number of carbonyl (C=O) groups is 3. The summed E-state index contributed by atoms with van der Waals surface area (Å²) in [5.74, 6) is 3.43. The number of fused-ring (bicyclic) bond motifs is 5. The van der Waals surface area contributed by atoms with Gasteiger partial charge >= 0.3 is 0 Å². The third-order valence-electron chi connectivity index (χ3n) is 23.2. The van der Waals surface area contributed by atoms with Crippen LogP contribution in [0.15, 0.2) is 91.4 Å². The first-order valence-electron chi connectivity index (χ1n) is 40.4. The first kappa shape index (κ1) is 82.0. The van der Waals surface area contributed by atoms with Gasteiger partial charge in [-0.3, -0.25) is 28.5 Å². The summed E-state index contributed by atoms with van der Waals surface area (Å²) in [6.07, 6.45) is 19.6. The minimum atomic E-state index is -3.54. The zero-order valence-electron chi connectivity index (χ0n) is 68.2. The number of sulfonamides is 3. The second kappa shape index (κ2) is 33.6. The molecule has 9 aromatic rings. The Bertz CT molecular complexity index is 5510. The molecule has 1 saturated carbocycles. The quantitative estimate of drug-likeness (QED) is 0.0445. The van der Waals surface area contributed by atoms with Gasteiger partial charge in [-0.25, -0.2) is 53.8 Å². The van der Waals surface area contributed by atoms with Crippen LogP contribution < -0.4 is 45.2 Å². The Morgan fingerprint density at radius 1 is 0.478 bits per heavy atom. The molecule has 0 radical (unpaired) electrons. The Labute approximate surface area is 674 Å². The predicted molar refractivity (Wildman–Crippen MR) is 450 cm³/mol. The van der Waals surface area contributed by atoms with Gasteiger partial charge in [0.05, 0.1) is 87.7 Å². The van der Waals surface area contributed by atoms with Crippen LogP contribution in [0.5, 0.6) is 0 Å². The van der Waals surface area contributed by atoms with Gasteiger partial charge in [-0.2, -0.15) is 15.3 Å². The van der Waals surface area contributed by atoms with Crippen LogP contribution in [-0.4, -0.2) is 209 Å². The minimum Gasteiger partial charge on any atom is -0.367 e. The van der Waals surface area contributed by atoms with Gasteiger partial charge in [0.15, 0.2) is 16.9 Å². The lowest BCUT2D eigenvalue weighted by Crippen LogP contribution is -2.54. The monoisotopic (exact) mass is 1630 g/mol. The molecule has 3 aromatic carbocycles. The molecule has 16 rings (SSSR count).